The summed E-state index contributed by atoms with van der Waals surface area (Å²) in [7, 11) is 0. The fraction of sp³-hybridized carbons (Fsp3) is 1.00. The average Bonchev–Trinajstić information content (AvgIpc) is 2.56. The Morgan fingerprint density at radius 1 is 0.522 bits per heavy atom. The van der Waals surface area contributed by atoms with Crippen LogP contribution in [0.3, 0.4) is 0 Å². The van der Waals surface area contributed by atoms with E-state index in [1.54, 1.807) is 0 Å². The summed E-state index contributed by atoms with van der Waals surface area (Å²) < 4.78 is 0. The summed E-state index contributed by atoms with van der Waals surface area (Å²) in [5.74, 6) is 0.495. The minimum Gasteiger partial charge on any atom is -0.393 e. The van der Waals surface area contributed by atoms with Crippen molar-refractivity contribution < 1.29 is 5.11 Å². The molecule has 0 fully saturated rings. The van der Waals surface area contributed by atoms with Crippen molar-refractivity contribution in [2.24, 2.45) is 5.92 Å². The second-order valence-electron chi connectivity index (χ2n) is 7.72. The third kappa shape index (κ3) is 16.6. The van der Waals surface area contributed by atoms with Gasteiger partial charge in [0.15, 0.2) is 0 Å². The van der Waals surface area contributed by atoms with E-state index in [2.05, 4.69) is 20.8 Å². The highest BCUT2D eigenvalue weighted by molar-refractivity contribution is 4.65. The number of rotatable bonds is 18. The van der Waals surface area contributed by atoms with E-state index in [0.29, 0.717) is 5.92 Å². The maximum Gasteiger partial charge on any atom is 0.0565 e. The summed E-state index contributed by atoms with van der Waals surface area (Å²) in [5.41, 5.74) is 0. The molecule has 0 heterocycles. The van der Waals surface area contributed by atoms with Crippen molar-refractivity contribution in [2.45, 2.75) is 136 Å². The standard InChI is InChI=1S/C22H46O/c1-4-6-8-10-11-12-13-14-15-16-18-20-22(23)21(3)19-17-9-7-5-2/h21-23H,4-20H2,1-3H3. The fourth-order valence-corrected chi connectivity index (χ4v) is 3.39. The Morgan fingerprint density at radius 3 is 1.35 bits per heavy atom. The minimum atomic E-state index is -0.0600. The maximum atomic E-state index is 10.2. The highest BCUT2D eigenvalue weighted by Crippen LogP contribution is 2.19. The predicted molar refractivity (Wildman–Crippen MR) is 105 cm³/mol. The summed E-state index contributed by atoms with van der Waals surface area (Å²) in [6.07, 6.45) is 22.7. The van der Waals surface area contributed by atoms with E-state index < -0.39 is 0 Å². The lowest BCUT2D eigenvalue weighted by molar-refractivity contribution is 0.0985. The molecule has 0 aromatic carbocycles. The van der Waals surface area contributed by atoms with Crippen molar-refractivity contribution in [1.29, 1.82) is 0 Å². The molecule has 2 unspecified atom stereocenters. The smallest absolute Gasteiger partial charge is 0.0565 e. The van der Waals surface area contributed by atoms with Crippen LogP contribution in [0.4, 0.5) is 0 Å². The molecule has 0 saturated carbocycles. The lowest BCUT2D eigenvalue weighted by atomic mass is 9.93. The van der Waals surface area contributed by atoms with E-state index in [4.69, 9.17) is 0 Å². The minimum absolute atomic E-state index is 0.0600. The first-order valence-electron chi connectivity index (χ1n) is 10.9. The van der Waals surface area contributed by atoms with Gasteiger partial charge in [-0.15, -0.1) is 0 Å². The molecule has 0 spiro atoms. The van der Waals surface area contributed by atoms with Crippen LogP contribution in [0, 0.1) is 5.92 Å². The van der Waals surface area contributed by atoms with Gasteiger partial charge in [0.25, 0.3) is 0 Å². The van der Waals surface area contributed by atoms with Crippen molar-refractivity contribution >= 4 is 0 Å². The molecular weight excluding hydrogens is 280 g/mol. The van der Waals surface area contributed by atoms with Gasteiger partial charge in [-0.3, -0.25) is 0 Å². The number of unbranched alkanes of at least 4 members (excludes halogenated alkanes) is 13. The lowest BCUT2D eigenvalue weighted by Crippen LogP contribution is -2.17. The Kier molecular flexibility index (Phi) is 18.3. The van der Waals surface area contributed by atoms with Crippen LogP contribution in [0.15, 0.2) is 0 Å². The summed E-state index contributed by atoms with van der Waals surface area (Å²) in [6.45, 7) is 6.77. The van der Waals surface area contributed by atoms with Gasteiger partial charge in [0.2, 0.25) is 0 Å². The largest absolute Gasteiger partial charge is 0.393 e. The molecule has 0 aromatic heterocycles. The molecule has 0 saturated heterocycles. The van der Waals surface area contributed by atoms with Gasteiger partial charge in [-0.25, -0.2) is 0 Å². The Labute approximate surface area is 147 Å². The molecular formula is C22H46O. The molecule has 0 aliphatic carbocycles. The quantitative estimate of drug-likeness (QED) is 0.256. The molecule has 0 bridgehead atoms. The monoisotopic (exact) mass is 326 g/mol. The molecule has 0 aliphatic rings. The van der Waals surface area contributed by atoms with Gasteiger partial charge in [0.05, 0.1) is 6.10 Å². The third-order valence-electron chi connectivity index (χ3n) is 5.27. The van der Waals surface area contributed by atoms with Gasteiger partial charge < -0.3 is 5.11 Å². The van der Waals surface area contributed by atoms with E-state index in [-0.39, 0.29) is 6.10 Å². The average molecular weight is 327 g/mol. The van der Waals surface area contributed by atoms with Crippen molar-refractivity contribution in [1.82, 2.24) is 0 Å². The van der Waals surface area contributed by atoms with E-state index >= 15 is 0 Å². The Hall–Kier alpha value is -0.0400. The summed E-state index contributed by atoms with van der Waals surface area (Å²) in [4.78, 5) is 0. The van der Waals surface area contributed by atoms with E-state index in [1.807, 2.05) is 0 Å². The van der Waals surface area contributed by atoms with Gasteiger partial charge >= 0.3 is 0 Å². The van der Waals surface area contributed by atoms with Crippen LogP contribution in [0.2, 0.25) is 0 Å². The molecule has 1 nitrogen and oxygen atoms in total. The molecule has 23 heavy (non-hydrogen) atoms. The van der Waals surface area contributed by atoms with Gasteiger partial charge in [0, 0.05) is 0 Å². The zero-order valence-electron chi connectivity index (χ0n) is 16.6. The Morgan fingerprint density at radius 2 is 0.870 bits per heavy atom. The van der Waals surface area contributed by atoms with Crippen LogP contribution in [-0.2, 0) is 0 Å². The van der Waals surface area contributed by atoms with Gasteiger partial charge in [0.1, 0.15) is 0 Å². The molecule has 0 aliphatic heterocycles. The van der Waals surface area contributed by atoms with Crippen LogP contribution in [0.1, 0.15) is 130 Å². The topological polar surface area (TPSA) is 20.2 Å². The summed E-state index contributed by atoms with van der Waals surface area (Å²) in [5, 5.41) is 10.2. The molecule has 1 N–H and O–H groups in total. The molecule has 0 radical (unpaired) electrons. The second kappa shape index (κ2) is 18.3. The van der Waals surface area contributed by atoms with Gasteiger partial charge in [-0.1, -0.05) is 117 Å². The SMILES string of the molecule is CCCCCCCCCCCCCC(O)C(C)CCCCCC. The number of aliphatic hydroxyl groups is 1. The Balaban J connectivity index is 3.26. The first-order chi connectivity index (χ1) is 11.2. The molecule has 140 valence electrons. The van der Waals surface area contributed by atoms with Crippen molar-refractivity contribution in [3.05, 3.63) is 0 Å². The van der Waals surface area contributed by atoms with Crippen LogP contribution < -0.4 is 0 Å². The lowest BCUT2D eigenvalue weighted by Gasteiger charge is -2.18. The highest BCUT2D eigenvalue weighted by Gasteiger charge is 2.13. The second-order valence-corrected chi connectivity index (χ2v) is 7.72. The van der Waals surface area contributed by atoms with Crippen LogP contribution >= 0.6 is 0 Å². The first-order valence-corrected chi connectivity index (χ1v) is 10.9. The predicted octanol–water partition coefficient (Wildman–Crippen LogP) is 7.65. The van der Waals surface area contributed by atoms with Crippen molar-refractivity contribution in [3.8, 4) is 0 Å². The van der Waals surface area contributed by atoms with Crippen LogP contribution in [0.25, 0.3) is 0 Å². The van der Waals surface area contributed by atoms with Gasteiger partial charge in [-0.2, -0.15) is 0 Å². The fourth-order valence-electron chi connectivity index (χ4n) is 3.39. The van der Waals surface area contributed by atoms with Crippen molar-refractivity contribution in [3.63, 3.8) is 0 Å². The summed E-state index contributed by atoms with van der Waals surface area (Å²) >= 11 is 0. The zero-order chi connectivity index (χ0) is 17.2. The van der Waals surface area contributed by atoms with E-state index in [0.717, 1.165) is 6.42 Å². The number of aliphatic hydroxyl groups excluding tert-OH is 1. The summed E-state index contributed by atoms with van der Waals surface area (Å²) in [6, 6.07) is 0. The highest BCUT2D eigenvalue weighted by atomic mass is 16.3. The number of hydrogen-bond donors (Lipinski definition) is 1. The maximum absolute atomic E-state index is 10.2. The normalized spacial score (nSPS) is 14.1. The molecule has 1 heteroatoms. The molecule has 2 atom stereocenters. The first kappa shape index (κ1) is 23.0. The number of hydrogen-bond acceptors (Lipinski definition) is 1. The third-order valence-corrected chi connectivity index (χ3v) is 5.27. The molecule has 0 aromatic rings. The molecule has 0 rings (SSSR count). The van der Waals surface area contributed by atoms with Gasteiger partial charge in [-0.05, 0) is 18.8 Å². The Bertz CT molecular complexity index is 214. The zero-order valence-corrected chi connectivity index (χ0v) is 16.6. The molecule has 0 amide bonds. The van der Waals surface area contributed by atoms with E-state index in [1.165, 1.54) is 103 Å². The van der Waals surface area contributed by atoms with Crippen LogP contribution in [0.5, 0.6) is 0 Å². The van der Waals surface area contributed by atoms with E-state index in [9.17, 15) is 5.11 Å². The van der Waals surface area contributed by atoms with Crippen LogP contribution in [-0.4, -0.2) is 11.2 Å². The van der Waals surface area contributed by atoms with Crippen molar-refractivity contribution in [2.75, 3.05) is 0 Å².